The quantitative estimate of drug-likeness (QED) is 0.831. The van der Waals surface area contributed by atoms with E-state index in [-0.39, 0.29) is 30.4 Å². The molecule has 2 aliphatic rings. The number of aliphatic hydroxyl groups excluding tert-OH is 1. The van der Waals surface area contributed by atoms with Crippen LogP contribution in [0, 0.1) is 11.6 Å². The molecule has 2 fully saturated rings. The number of carbonyl (C=O) groups is 2. The number of rotatable bonds is 4. The van der Waals surface area contributed by atoms with Crippen LogP contribution in [0.4, 0.5) is 8.78 Å². The molecule has 1 aromatic rings. The Bertz CT molecular complexity index is 695. The number of aliphatic hydroxyl groups is 1. The highest BCUT2D eigenvalue weighted by atomic mass is 19.1. The van der Waals surface area contributed by atoms with E-state index >= 15 is 0 Å². The number of hydrogen-bond acceptors (Lipinski definition) is 4. The Labute approximate surface area is 157 Å². The van der Waals surface area contributed by atoms with Crippen LogP contribution in [0.3, 0.4) is 0 Å². The van der Waals surface area contributed by atoms with Crippen molar-refractivity contribution >= 4 is 11.8 Å². The Kier molecular flexibility index (Phi) is 6.06. The van der Waals surface area contributed by atoms with Gasteiger partial charge in [0.05, 0.1) is 18.6 Å². The molecule has 2 amide bonds. The topological polar surface area (TPSA) is 64.1 Å². The van der Waals surface area contributed by atoms with Crippen LogP contribution in [0.5, 0.6) is 0 Å². The van der Waals surface area contributed by atoms with E-state index in [0.29, 0.717) is 44.7 Å². The second-order valence-corrected chi connectivity index (χ2v) is 7.36. The van der Waals surface area contributed by atoms with E-state index in [4.69, 9.17) is 0 Å². The highest BCUT2D eigenvalue weighted by Gasteiger charge is 2.34. The van der Waals surface area contributed by atoms with Gasteiger partial charge in [-0.1, -0.05) is 0 Å². The van der Waals surface area contributed by atoms with Crippen molar-refractivity contribution in [2.45, 2.75) is 31.9 Å². The fraction of sp³-hybridized carbons (Fsp3) is 0.579. The van der Waals surface area contributed by atoms with Crippen molar-refractivity contribution in [2.24, 2.45) is 0 Å². The summed E-state index contributed by atoms with van der Waals surface area (Å²) in [6.07, 6.45) is 0.241. The standard InChI is InChI=1S/C19H25F2N3O3/c1-13(25)23-4-5-24(17(11-23)10-22-3-2-18(26)12-22)19(27)8-14-6-15(20)9-16(21)7-14/h6-7,9,17-18,26H,2-5,8,10-12H2,1H3/t17-,18+/m1/s1. The Balaban J connectivity index is 1.71. The fourth-order valence-corrected chi connectivity index (χ4v) is 3.89. The maximum absolute atomic E-state index is 13.4. The number of hydrogen-bond donors (Lipinski definition) is 1. The zero-order chi connectivity index (χ0) is 19.6. The monoisotopic (exact) mass is 381 g/mol. The zero-order valence-electron chi connectivity index (χ0n) is 15.4. The van der Waals surface area contributed by atoms with E-state index in [0.717, 1.165) is 12.6 Å². The lowest BCUT2D eigenvalue weighted by Crippen LogP contribution is -2.59. The number of halogens is 2. The number of likely N-dealkylation sites (tertiary alicyclic amines) is 1. The van der Waals surface area contributed by atoms with Crippen molar-refractivity contribution in [3.8, 4) is 0 Å². The first-order valence-electron chi connectivity index (χ1n) is 9.22. The van der Waals surface area contributed by atoms with Gasteiger partial charge >= 0.3 is 0 Å². The molecule has 1 aromatic carbocycles. The third-order valence-corrected chi connectivity index (χ3v) is 5.24. The van der Waals surface area contributed by atoms with E-state index in [1.807, 2.05) is 0 Å². The predicted octanol–water partition coefficient (Wildman–Crippen LogP) is 0.633. The number of β-amino-alcohol motifs (C(OH)–C–C–N with tert-alkyl or cyclic N) is 1. The first-order chi connectivity index (χ1) is 12.8. The number of amides is 2. The molecule has 6 nitrogen and oxygen atoms in total. The van der Waals surface area contributed by atoms with Crippen molar-refractivity contribution in [3.05, 3.63) is 35.4 Å². The fourth-order valence-electron chi connectivity index (χ4n) is 3.89. The van der Waals surface area contributed by atoms with E-state index in [1.54, 1.807) is 9.80 Å². The van der Waals surface area contributed by atoms with Crippen LogP contribution >= 0.6 is 0 Å². The second kappa shape index (κ2) is 8.31. The van der Waals surface area contributed by atoms with Crippen molar-refractivity contribution in [1.82, 2.24) is 14.7 Å². The van der Waals surface area contributed by atoms with Crippen molar-refractivity contribution < 1.29 is 23.5 Å². The van der Waals surface area contributed by atoms with Crippen LogP contribution in [0.25, 0.3) is 0 Å². The Morgan fingerprint density at radius 1 is 1.11 bits per heavy atom. The molecule has 1 N–H and O–H groups in total. The number of nitrogens with zero attached hydrogens (tertiary/aromatic N) is 3. The summed E-state index contributed by atoms with van der Waals surface area (Å²) in [6.45, 7) is 4.61. The third kappa shape index (κ3) is 5.01. The molecule has 0 unspecified atom stereocenters. The summed E-state index contributed by atoms with van der Waals surface area (Å²) < 4.78 is 26.8. The van der Waals surface area contributed by atoms with Gasteiger partial charge in [0, 0.05) is 52.3 Å². The Morgan fingerprint density at radius 2 is 1.81 bits per heavy atom. The molecule has 0 aromatic heterocycles. The maximum Gasteiger partial charge on any atom is 0.227 e. The normalized spacial score (nSPS) is 23.7. The van der Waals surface area contributed by atoms with Gasteiger partial charge in [-0.05, 0) is 24.1 Å². The molecule has 2 saturated heterocycles. The summed E-state index contributed by atoms with van der Waals surface area (Å²) in [5.74, 6) is -1.67. The summed E-state index contributed by atoms with van der Waals surface area (Å²) >= 11 is 0. The second-order valence-electron chi connectivity index (χ2n) is 7.36. The molecule has 27 heavy (non-hydrogen) atoms. The maximum atomic E-state index is 13.4. The molecule has 2 heterocycles. The van der Waals surface area contributed by atoms with Crippen LogP contribution in [-0.4, -0.2) is 83.0 Å². The molecule has 0 bridgehead atoms. The van der Waals surface area contributed by atoms with E-state index in [9.17, 15) is 23.5 Å². The van der Waals surface area contributed by atoms with Gasteiger partial charge in [-0.2, -0.15) is 0 Å². The van der Waals surface area contributed by atoms with Crippen LogP contribution in [0.1, 0.15) is 18.9 Å². The van der Waals surface area contributed by atoms with Gasteiger partial charge in [-0.3, -0.25) is 14.5 Å². The van der Waals surface area contributed by atoms with Crippen molar-refractivity contribution in [3.63, 3.8) is 0 Å². The zero-order valence-corrected chi connectivity index (χ0v) is 15.4. The summed E-state index contributed by atoms with van der Waals surface area (Å²) in [4.78, 5) is 30.1. The molecule has 3 rings (SSSR count). The molecule has 2 atom stereocenters. The van der Waals surface area contributed by atoms with Crippen LogP contribution in [-0.2, 0) is 16.0 Å². The number of piperazine rings is 1. The first kappa shape index (κ1) is 19.7. The van der Waals surface area contributed by atoms with Gasteiger partial charge in [-0.25, -0.2) is 8.78 Å². The highest BCUT2D eigenvalue weighted by molar-refractivity contribution is 5.80. The summed E-state index contributed by atoms with van der Waals surface area (Å²) in [5, 5.41) is 9.73. The van der Waals surface area contributed by atoms with Gasteiger partial charge in [0.1, 0.15) is 11.6 Å². The lowest BCUT2D eigenvalue weighted by atomic mass is 10.1. The summed E-state index contributed by atoms with van der Waals surface area (Å²) in [5.41, 5.74) is 0.293. The lowest BCUT2D eigenvalue weighted by Gasteiger charge is -2.42. The molecule has 2 aliphatic heterocycles. The third-order valence-electron chi connectivity index (χ3n) is 5.24. The summed E-state index contributed by atoms with van der Waals surface area (Å²) in [6, 6.07) is 2.90. The smallest absolute Gasteiger partial charge is 0.227 e. The lowest BCUT2D eigenvalue weighted by molar-refractivity contribution is -0.142. The van der Waals surface area contributed by atoms with Crippen LogP contribution in [0.2, 0.25) is 0 Å². The molecule has 0 radical (unpaired) electrons. The Morgan fingerprint density at radius 3 is 2.41 bits per heavy atom. The minimum atomic E-state index is -0.707. The van der Waals surface area contributed by atoms with Crippen molar-refractivity contribution in [1.29, 1.82) is 0 Å². The van der Waals surface area contributed by atoms with Gasteiger partial charge in [0.15, 0.2) is 0 Å². The average molecular weight is 381 g/mol. The average Bonchev–Trinajstić information content (AvgIpc) is 2.98. The molecule has 0 aliphatic carbocycles. The minimum Gasteiger partial charge on any atom is -0.392 e. The molecule has 148 valence electrons. The van der Waals surface area contributed by atoms with Gasteiger partial charge in [-0.15, -0.1) is 0 Å². The van der Waals surface area contributed by atoms with Crippen LogP contribution in [0.15, 0.2) is 18.2 Å². The highest BCUT2D eigenvalue weighted by Crippen LogP contribution is 2.18. The predicted molar refractivity (Wildman–Crippen MR) is 94.9 cm³/mol. The number of carbonyl (C=O) groups excluding carboxylic acids is 2. The minimum absolute atomic E-state index is 0.0410. The van der Waals surface area contributed by atoms with Crippen molar-refractivity contribution in [2.75, 3.05) is 39.3 Å². The van der Waals surface area contributed by atoms with E-state index < -0.39 is 11.6 Å². The van der Waals surface area contributed by atoms with Crippen LogP contribution < -0.4 is 0 Å². The molecular formula is C19H25F2N3O3. The molecule has 0 spiro atoms. The molecular weight excluding hydrogens is 356 g/mol. The summed E-state index contributed by atoms with van der Waals surface area (Å²) in [7, 11) is 0. The Hall–Kier alpha value is -2.06. The van der Waals surface area contributed by atoms with E-state index in [1.165, 1.54) is 19.1 Å². The van der Waals surface area contributed by atoms with Gasteiger partial charge < -0.3 is 14.9 Å². The SMILES string of the molecule is CC(=O)N1CCN(C(=O)Cc2cc(F)cc(F)c2)[C@H](CN2CC[C@H](O)C2)C1. The van der Waals surface area contributed by atoms with Gasteiger partial charge in [0.25, 0.3) is 0 Å². The first-order valence-corrected chi connectivity index (χ1v) is 9.22. The van der Waals surface area contributed by atoms with Gasteiger partial charge in [0.2, 0.25) is 11.8 Å². The largest absolute Gasteiger partial charge is 0.392 e. The molecule has 8 heteroatoms. The molecule has 0 saturated carbocycles. The van der Waals surface area contributed by atoms with E-state index in [2.05, 4.69) is 4.90 Å². The number of benzene rings is 1.